The molecule has 0 spiro atoms. The minimum Gasteiger partial charge on any atom is -0.494 e. The Labute approximate surface area is 150 Å². The molecule has 0 radical (unpaired) electrons. The topological polar surface area (TPSA) is 56.8 Å². The second-order valence-corrected chi connectivity index (χ2v) is 7.22. The number of amides is 1. The molecule has 0 atom stereocenters. The molecule has 1 fully saturated rings. The zero-order valence-electron chi connectivity index (χ0n) is 16.0. The van der Waals surface area contributed by atoms with Crippen molar-refractivity contribution in [2.24, 2.45) is 0 Å². The van der Waals surface area contributed by atoms with E-state index >= 15 is 0 Å². The molecule has 5 nitrogen and oxygen atoms in total. The van der Waals surface area contributed by atoms with Gasteiger partial charge in [-0.3, -0.25) is 4.79 Å². The molecule has 0 saturated carbocycles. The second kappa shape index (κ2) is 7.62. The Bertz CT molecular complexity index is 639. The molecule has 0 unspecified atom stereocenters. The number of ether oxygens (including phenoxy) is 1. The van der Waals surface area contributed by atoms with Crippen LogP contribution in [-0.4, -0.2) is 37.4 Å². The van der Waals surface area contributed by atoms with Gasteiger partial charge in [0.05, 0.1) is 17.8 Å². The van der Waals surface area contributed by atoms with Crippen LogP contribution in [0.15, 0.2) is 29.7 Å². The Morgan fingerprint density at radius 1 is 1.24 bits per heavy atom. The summed E-state index contributed by atoms with van der Waals surface area (Å²) in [5, 5.41) is 2.84. The highest BCUT2D eigenvalue weighted by Crippen LogP contribution is 2.38. The van der Waals surface area contributed by atoms with Gasteiger partial charge in [-0.1, -0.05) is 18.2 Å². The maximum absolute atomic E-state index is 11.4. The molecule has 0 aliphatic carbocycles. The Hall–Kier alpha value is -1.79. The Kier molecular flexibility index (Phi) is 5.96. The molecule has 0 aromatic heterocycles. The summed E-state index contributed by atoms with van der Waals surface area (Å²) in [6.45, 7) is 12.5. The molecule has 1 aliphatic rings. The van der Waals surface area contributed by atoms with Crippen LogP contribution in [0, 0.1) is 0 Å². The first kappa shape index (κ1) is 19.5. The van der Waals surface area contributed by atoms with Gasteiger partial charge >= 0.3 is 7.12 Å². The zero-order valence-corrected chi connectivity index (χ0v) is 16.0. The van der Waals surface area contributed by atoms with E-state index in [2.05, 4.69) is 5.32 Å². The van der Waals surface area contributed by atoms with Crippen molar-refractivity contribution in [2.45, 2.75) is 52.7 Å². The molecule has 1 heterocycles. The third-order valence-corrected chi connectivity index (χ3v) is 4.62. The van der Waals surface area contributed by atoms with Gasteiger partial charge in [-0.05, 0) is 57.8 Å². The SMILES string of the molecule is CCOc1cccc(C=C(CNC(C)=O)B2OC(C)(C)C(C)(C)O2)c1. The van der Waals surface area contributed by atoms with Crippen molar-refractivity contribution < 1.29 is 18.8 Å². The third-order valence-electron chi connectivity index (χ3n) is 4.62. The molecule has 136 valence electrons. The standard InChI is InChI=1S/C19H28BNO4/c1-7-23-17-10-8-9-15(12-17)11-16(13-21-14(2)22)20-24-18(3,4)19(5,6)25-20/h8-12H,7,13H2,1-6H3,(H,21,22). The smallest absolute Gasteiger partial charge is 0.492 e. The van der Waals surface area contributed by atoms with Crippen molar-refractivity contribution in [3.05, 3.63) is 35.3 Å². The summed E-state index contributed by atoms with van der Waals surface area (Å²) in [4.78, 5) is 11.4. The van der Waals surface area contributed by atoms with Gasteiger partial charge in [0.25, 0.3) is 0 Å². The fourth-order valence-electron chi connectivity index (χ4n) is 2.50. The lowest BCUT2D eigenvalue weighted by atomic mass is 9.77. The monoisotopic (exact) mass is 345 g/mol. The van der Waals surface area contributed by atoms with Gasteiger partial charge in [-0.2, -0.15) is 0 Å². The van der Waals surface area contributed by atoms with Crippen molar-refractivity contribution in [3.63, 3.8) is 0 Å². The van der Waals surface area contributed by atoms with Gasteiger partial charge in [0.15, 0.2) is 0 Å². The van der Waals surface area contributed by atoms with Crippen LogP contribution in [0.2, 0.25) is 0 Å². The first-order chi connectivity index (χ1) is 11.6. The average Bonchev–Trinajstić information content (AvgIpc) is 2.72. The molecule has 1 aliphatic heterocycles. The van der Waals surface area contributed by atoms with Crippen molar-refractivity contribution in [1.82, 2.24) is 5.32 Å². The van der Waals surface area contributed by atoms with Crippen molar-refractivity contribution in [1.29, 1.82) is 0 Å². The van der Waals surface area contributed by atoms with E-state index in [0.717, 1.165) is 16.8 Å². The van der Waals surface area contributed by atoms with Gasteiger partial charge < -0.3 is 19.4 Å². The molecule has 1 N–H and O–H groups in total. The minimum atomic E-state index is -0.507. The fourth-order valence-corrected chi connectivity index (χ4v) is 2.50. The van der Waals surface area contributed by atoms with E-state index in [4.69, 9.17) is 14.0 Å². The molecule has 6 heteroatoms. The lowest BCUT2D eigenvalue weighted by Crippen LogP contribution is -2.41. The number of hydrogen-bond donors (Lipinski definition) is 1. The molecule has 1 aromatic rings. The minimum absolute atomic E-state index is 0.0921. The lowest BCUT2D eigenvalue weighted by molar-refractivity contribution is -0.118. The van der Waals surface area contributed by atoms with Crippen LogP contribution in [0.3, 0.4) is 0 Å². The van der Waals surface area contributed by atoms with Crippen LogP contribution in [0.5, 0.6) is 5.75 Å². The molecule has 1 saturated heterocycles. The summed E-state index contributed by atoms with van der Waals surface area (Å²) < 4.78 is 17.8. The largest absolute Gasteiger partial charge is 0.494 e. The predicted molar refractivity (Wildman–Crippen MR) is 100 cm³/mol. The van der Waals surface area contributed by atoms with Crippen LogP contribution in [0.1, 0.15) is 47.1 Å². The second-order valence-electron chi connectivity index (χ2n) is 7.22. The number of carbonyl (C=O) groups excluding carboxylic acids is 1. The van der Waals surface area contributed by atoms with E-state index in [9.17, 15) is 4.79 Å². The van der Waals surface area contributed by atoms with Crippen molar-refractivity contribution >= 4 is 19.1 Å². The van der Waals surface area contributed by atoms with Crippen LogP contribution < -0.4 is 10.1 Å². The molecular formula is C19H28BNO4. The fraction of sp³-hybridized carbons (Fsp3) is 0.526. The first-order valence-corrected chi connectivity index (χ1v) is 8.68. The van der Waals surface area contributed by atoms with Crippen LogP contribution in [-0.2, 0) is 14.1 Å². The van der Waals surface area contributed by atoms with E-state index in [-0.39, 0.29) is 5.91 Å². The lowest BCUT2D eigenvalue weighted by Gasteiger charge is -2.32. The number of benzene rings is 1. The first-order valence-electron chi connectivity index (χ1n) is 8.68. The predicted octanol–water partition coefficient (Wildman–Crippen LogP) is 3.24. The van der Waals surface area contributed by atoms with E-state index in [0.29, 0.717) is 13.2 Å². The van der Waals surface area contributed by atoms with E-state index < -0.39 is 18.3 Å². The summed E-state index contributed by atoms with van der Waals surface area (Å²) in [7, 11) is -0.507. The van der Waals surface area contributed by atoms with E-state index in [1.165, 1.54) is 6.92 Å². The quantitative estimate of drug-likeness (QED) is 0.805. The summed E-state index contributed by atoms with van der Waals surface area (Å²) in [5.74, 6) is 0.717. The molecule has 1 amide bonds. The number of nitrogens with one attached hydrogen (secondary N) is 1. The van der Waals surface area contributed by atoms with Crippen LogP contribution in [0.4, 0.5) is 0 Å². The highest BCUT2D eigenvalue weighted by atomic mass is 16.7. The summed E-state index contributed by atoms with van der Waals surface area (Å²) in [6, 6.07) is 7.81. The molecule has 0 bridgehead atoms. The molecule has 1 aromatic carbocycles. The van der Waals surface area contributed by atoms with Gasteiger partial charge in [-0.15, -0.1) is 0 Å². The van der Waals surface area contributed by atoms with E-state index in [1.54, 1.807) is 0 Å². The summed E-state index contributed by atoms with van der Waals surface area (Å²) in [5.41, 5.74) is 0.976. The van der Waals surface area contributed by atoms with Crippen LogP contribution in [0.25, 0.3) is 6.08 Å². The maximum atomic E-state index is 11.4. The van der Waals surface area contributed by atoms with Gasteiger partial charge in [0.2, 0.25) is 5.91 Å². The highest BCUT2D eigenvalue weighted by Gasteiger charge is 2.52. The number of hydrogen-bond acceptors (Lipinski definition) is 4. The van der Waals surface area contributed by atoms with Gasteiger partial charge in [0.1, 0.15) is 5.75 Å². The molecule has 25 heavy (non-hydrogen) atoms. The molecule has 2 rings (SSSR count). The van der Waals surface area contributed by atoms with Crippen molar-refractivity contribution in [3.8, 4) is 5.75 Å². The highest BCUT2D eigenvalue weighted by molar-refractivity contribution is 6.56. The average molecular weight is 345 g/mol. The van der Waals surface area contributed by atoms with Gasteiger partial charge in [0, 0.05) is 13.5 Å². The Morgan fingerprint density at radius 2 is 1.88 bits per heavy atom. The van der Waals surface area contributed by atoms with Crippen molar-refractivity contribution in [2.75, 3.05) is 13.2 Å². The number of rotatable bonds is 6. The van der Waals surface area contributed by atoms with Gasteiger partial charge in [-0.25, -0.2) is 0 Å². The normalized spacial score (nSPS) is 19.0. The van der Waals surface area contributed by atoms with Crippen LogP contribution >= 0.6 is 0 Å². The summed E-state index contributed by atoms with van der Waals surface area (Å²) >= 11 is 0. The number of carbonyl (C=O) groups is 1. The zero-order chi connectivity index (χ0) is 18.7. The van der Waals surface area contributed by atoms with E-state index in [1.807, 2.05) is 65.0 Å². The summed E-state index contributed by atoms with van der Waals surface area (Å²) in [6.07, 6.45) is 1.99. The maximum Gasteiger partial charge on any atom is 0.492 e. The molecular weight excluding hydrogens is 317 g/mol. The Morgan fingerprint density at radius 3 is 2.44 bits per heavy atom. The third kappa shape index (κ3) is 4.86. The Balaban J connectivity index is 2.30.